The molecule has 3 rings (SSSR count). The van der Waals surface area contributed by atoms with E-state index < -0.39 is 11.1 Å². The van der Waals surface area contributed by atoms with E-state index in [1.54, 1.807) is 12.1 Å². The maximum absolute atomic E-state index is 11.9. The molecular formula is C11H7N3O2. The van der Waals surface area contributed by atoms with Crippen molar-refractivity contribution in [2.75, 3.05) is 0 Å². The lowest BCUT2D eigenvalue weighted by atomic mass is 10.3. The van der Waals surface area contributed by atoms with Crippen LogP contribution >= 0.6 is 0 Å². The van der Waals surface area contributed by atoms with E-state index in [0.29, 0.717) is 11.0 Å². The van der Waals surface area contributed by atoms with Crippen LogP contribution < -0.4 is 16.3 Å². The predicted octanol–water partition coefficient (Wildman–Crippen LogP) is -0.335. The SMILES string of the molecule is C=c1c(=O)[nH]c2nc3ccccc3n2c1=O. The van der Waals surface area contributed by atoms with Crippen LogP contribution in [0.15, 0.2) is 33.9 Å². The molecular weight excluding hydrogens is 206 g/mol. The van der Waals surface area contributed by atoms with E-state index in [1.165, 1.54) is 4.40 Å². The monoisotopic (exact) mass is 213 g/mol. The Morgan fingerprint density at radius 2 is 2.00 bits per heavy atom. The molecule has 3 aromatic rings. The normalized spacial score (nSPS) is 11.2. The van der Waals surface area contributed by atoms with Crippen LogP contribution in [0.5, 0.6) is 0 Å². The van der Waals surface area contributed by atoms with Crippen LogP contribution in [-0.2, 0) is 0 Å². The van der Waals surface area contributed by atoms with Gasteiger partial charge in [0.2, 0.25) is 5.78 Å². The molecule has 5 nitrogen and oxygen atoms in total. The summed E-state index contributed by atoms with van der Waals surface area (Å²) in [6.07, 6.45) is 0. The zero-order valence-corrected chi connectivity index (χ0v) is 8.23. The molecule has 0 unspecified atom stereocenters. The lowest BCUT2D eigenvalue weighted by Crippen LogP contribution is -2.42. The molecule has 1 N–H and O–H groups in total. The summed E-state index contributed by atoms with van der Waals surface area (Å²) in [6, 6.07) is 7.18. The Morgan fingerprint density at radius 3 is 2.81 bits per heavy atom. The van der Waals surface area contributed by atoms with Crippen LogP contribution in [0, 0.1) is 0 Å². The number of hydrogen-bond donors (Lipinski definition) is 1. The number of nitrogens with one attached hydrogen (secondary N) is 1. The second-order valence-electron chi connectivity index (χ2n) is 3.50. The maximum atomic E-state index is 11.9. The molecule has 5 heteroatoms. The van der Waals surface area contributed by atoms with Crippen LogP contribution in [0.2, 0.25) is 0 Å². The van der Waals surface area contributed by atoms with E-state index in [0.717, 1.165) is 0 Å². The van der Waals surface area contributed by atoms with Gasteiger partial charge in [0.25, 0.3) is 11.1 Å². The first-order chi connectivity index (χ1) is 7.68. The predicted molar refractivity (Wildman–Crippen MR) is 60.3 cm³/mol. The van der Waals surface area contributed by atoms with E-state index in [1.807, 2.05) is 12.1 Å². The van der Waals surface area contributed by atoms with Gasteiger partial charge >= 0.3 is 0 Å². The Balaban J connectivity index is 2.79. The standard InChI is InChI=1S/C11H7N3O2/c1-6-9(15)13-11-12-7-4-2-3-5-8(7)14(11)10(6)16/h2-5H,1H2,(H,12,13,15). The zero-order valence-electron chi connectivity index (χ0n) is 8.23. The first kappa shape index (κ1) is 8.84. The molecule has 78 valence electrons. The molecule has 0 saturated heterocycles. The van der Waals surface area contributed by atoms with Gasteiger partial charge < -0.3 is 0 Å². The number of hydrogen-bond acceptors (Lipinski definition) is 3. The number of para-hydroxylation sites is 2. The minimum atomic E-state index is -0.493. The highest BCUT2D eigenvalue weighted by Crippen LogP contribution is 2.10. The Bertz CT molecular complexity index is 860. The summed E-state index contributed by atoms with van der Waals surface area (Å²) in [6.45, 7) is 3.45. The van der Waals surface area contributed by atoms with Crippen LogP contribution in [0.3, 0.4) is 0 Å². The van der Waals surface area contributed by atoms with Gasteiger partial charge in [0.15, 0.2) is 0 Å². The maximum Gasteiger partial charge on any atom is 0.270 e. The minimum Gasteiger partial charge on any atom is -0.291 e. The number of aromatic nitrogens is 3. The molecule has 0 aliphatic rings. The molecule has 0 bridgehead atoms. The van der Waals surface area contributed by atoms with Crippen molar-refractivity contribution in [3.8, 4) is 0 Å². The Labute approximate surface area is 88.7 Å². The highest BCUT2D eigenvalue weighted by Gasteiger charge is 2.08. The summed E-state index contributed by atoms with van der Waals surface area (Å²) < 4.78 is 1.36. The number of H-pyrrole nitrogens is 1. The Kier molecular flexibility index (Phi) is 1.54. The first-order valence-corrected chi connectivity index (χ1v) is 4.71. The second kappa shape index (κ2) is 2.79. The van der Waals surface area contributed by atoms with Gasteiger partial charge in [0, 0.05) is 0 Å². The fraction of sp³-hybridized carbons (Fsp3) is 0. The third-order valence-corrected chi connectivity index (χ3v) is 2.52. The van der Waals surface area contributed by atoms with Crippen molar-refractivity contribution in [2.24, 2.45) is 0 Å². The number of benzene rings is 1. The molecule has 1 aromatic carbocycles. The second-order valence-corrected chi connectivity index (χ2v) is 3.50. The third-order valence-electron chi connectivity index (χ3n) is 2.52. The molecule has 0 radical (unpaired) electrons. The number of fused-ring (bicyclic) bond motifs is 3. The van der Waals surface area contributed by atoms with Gasteiger partial charge in [-0.2, -0.15) is 0 Å². The number of imidazole rings is 1. The van der Waals surface area contributed by atoms with Gasteiger partial charge in [-0.25, -0.2) is 9.38 Å². The fourth-order valence-electron chi connectivity index (χ4n) is 1.72. The molecule has 0 amide bonds. The summed E-state index contributed by atoms with van der Waals surface area (Å²) in [7, 11) is 0. The quantitative estimate of drug-likeness (QED) is 0.555. The average Bonchev–Trinajstić information content (AvgIpc) is 2.64. The Morgan fingerprint density at radius 1 is 1.25 bits per heavy atom. The Hall–Kier alpha value is -2.43. The highest BCUT2D eigenvalue weighted by molar-refractivity contribution is 5.79. The zero-order chi connectivity index (χ0) is 11.3. The number of nitrogens with zero attached hydrogens (tertiary/aromatic N) is 2. The smallest absolute Gasteiger partial charge is 0.270 e. The summed E-state index contributed by atoms with van der Waals surface area (Å²) in [5.41, 5.74) is 0.421. The third kappa shape index (κ3) is 0.967. The van der Waals surface area contributed by atoms with Crippen molar-refractivity contribution in [2.45, 2.75) is 0 Å². The van der Waals surface area contributed by atoms with Gasteiger partial charge in [0.1, 0.15) is 0 Å². The molecule has 0 saturated carbocycles. The van der Waals surface area contributed by atoms with Crippen molar-refractivity contribution in [1.82, 2.24) is 14.4 Å². The van der Waals surface area contributed by atoms with Crippen molar-refractivity contribution in [3.63, 3.8) is 0 Å². The molecule has 0 aliphatic carbocycles. The van der Waals surface area contributed by atoms with Crippen LogP contribution in [0.25, 0.3) is 23.4 Å². The van der Waals surface area contributed by atoms with Crippen LogP contribution in [0.4, 0.5) is 0 Å². The number of rotatable bonds is 0. The average molecular weight is 213 g/mol. The van der Waals surface area contributed by atoms with Crippen molar-refractivity contribution >= 4 is 23.4 Å². The van der Waals surface area contributed by atoms with Crippen molar-refractivity contribution < 1.29 is 0 Å². The molecule has 2 heterocycles. The summed E-state index contributed by atoms with van der Waals surface area (Å²) in [5.74, 6) is 0.253. The topological polar surface area (TPSA) is 67.2 Å². The van der Waals surface area contributed by atoms with Crippen molar-refractivity contribution in [1.29, 1.82) is 0 Å². The summed E-state index contributed by atoms with van der Waals surface area (Å²) in [4.78, 5) is 29.9. The van der Waals surface area contributed by atoms with Gasteiger partial charge in [0.05, 0.1) is 16.3 Å². The molecule has 0 aliphatic heterocycles. The highest BCUT2D eigenvalue weighted by atomic mass is 16.1. The van der Waals surface area contributed by atoms with Crippen LogP contribution in [0.1, 0.15) is 0 Å². The molecule has 2 aromatic heterocycles. The fourth-order valence-corrected chi connectivity index (χ4v) is 1.72. The molecule has 16 heavy (non-hydrogen) atoms. The van der Waals surface area contributed by atoms with E-state index in [2.05, 4.69) is 16.5 Å². The lowest BCUT2D eigenvalue weighted by Gasteiger charge is -1.92. The van der Waals surface area contributed by atoms with E-state index in [-0.39, 0.29) is 11.0 Å². The van der Waals surface area contributed by atoms with Gasteiger partial charge in [-0.1, -0.05) is 18.7 Å². The van der Waals surface area contributed by atoms with Gasteiger partial charge in [-0.15, -0.1) is 0 Å². The first-order valence-electron chi connectivity index (χ1n) is 4.71. The molecule has 0 atom stereocenters. The largest absolute Gasteiger partial charge is 0.291 e. The van der Waals surface area contributed by atoms with Crippen LogP contribution in [-0.4, -0.2) is 14.4 Å². The minimum absolute atomic E-state index is 0.0735. The summed E-state index contributed by atoms with van der Waals surface area (Å²) >= 11 is 0. The van der Waals surface area contributed by atoms with Gasteiger partial charge in [-0.05, 0) is 12.1 Å². The van der Waals surface area contributed by atoms with Gasteiger partial charge in [-0.3, -0.25) is 14.6 Å². The van der Waals surface area contributed by atoms with Crippen molar-refractivity contribution in [3.05, 3.63) is 50.2 Å². The molecule has 0 spiro atoms. The van der Waals surface area contributed by atoms with E-state index in [4.69, 9.17) is 0 Å². The van der Waals surface area contributed by atoms with E-state index >= 15 is 0 Å². The number of aromatic amines is 1. The summed E-state index contributed by atoms with van der Waals surface area (Å²) in [5, 5.41) is -0.0735. The lowest BCUT2D eigenvalue weighted by molar-refractivity contribution is 1.03. The van der Waals surface area contributed by atoms with E-state index in [9.17, 15) is 9.59 Å². The molecule has 0 fully saturated rings.